The summed E-state index contributed by atoms with van der Waals surface area (Å²) in [5.74, 6) is -0.216. The molecule has 5 rings (SSSR count). The minimum Gasteiger partial charge on any atom is -0.444 e. The molecule has 3 fully saturated rings. The van der Waals surface area contributed by atoms with Crippen molar-refractivity contribution in [2.24, 2.45) is 5.92 Å². The number of hydrogen-bond acceptors (Lipinski definition) is 6. The maximum atomic E-state index is 13.3. The lowest BCUT2D eigenvalue weighted by Crippen LogP contribution is -2.49. The Balaban J connectivity index is 1.29. The molecule has 0 radical (unpaired) electrons. The van der Waals surface area contributed by atoms with E-state index >= 15 is 0 Å². The van der Waals surface area contributed by atoms with E-state index in [0.717, 1.165) is 43.4 Å². The number of carbonyl (C=O) groups excluding carboxylic acids is 3. The highest BCUT2D eigenvalue weighted by Crippen LogP contribution is 2.45. The van der Waals surface area contributed by atoms with E-state index in [-0.39, 0.29) is 23.8 Å². The number of fused-ring (bicyclic) bond motifs is 2. The first-order chi connectivity index (χ1) is 16.5. The number of ether oxygens (including phenoxy) is 3. The summed E-state index contributed by atoms with van der Waals surface area (Å²) in [6.45, 7) is 2.09. The molecule has 4 aliphatic rings. The second-order valence-corrected chi connectivity index (χ2v) is 9.81. The van der Waals surface area contributed by atoms with Gasteiger partial charge in [0.2, 0.25) is 11.8 Å². The lowest BCUT2D eigenvalue weighted by atomic mass is 9.75. The first-order valence-corrected chi connectivity index (χ1v) is 12.4. The number of hydrogen-bond donors (Lipinski definition) is 3. The molecule has 3 heterocycles. The second kappa shape index (κ2) is 9.92. The van der Waals surface area contributed by atoms with Gasteiger partial charge in [-0.3, -0.25) is 9.59 Å². The minimum absolute atomic E-state index is 0.00494. The lowest BCUT2D eigenvalue weighted by molar-refractivity contribution is -0.124. The minimum atomic E-state index is -0.681. The highest BCUT2D eigenvalue weighted by atomic mass is 16.6. The van der Waals surface area contributed by atoms with Gasteiger partial charge in [-0.05, 0) is 49.3 Å². The van der Waals surface area contributed by atoms with Crippen LogP contribution in [-0.4, -0.2) is 56.5 Å². The van der Waals surface area contributed by atoms with Crippen LogP contribution in [0.5, 0.6) is 0 Å². The van der Waals surface area contributed by atoms with Crippen LogP contribution in [0, 0.1) is 5.92 Å². The zero-order chi connectivity index (χ0) is 23.5. The molecule has 1 aromatic carbocycles. The monoisotopic (exact) mass is 471 g/mol. The van der Waals surface area contributed by atoms with Crippen molar-refractivity contribution in [2.45, 2.75) is 68.9 Å². The van der Waals surface area contributed by atoms with Crippen molar-refractivity contribution in [3.63, 3.8) is 0 Å². The van der Waals surface area contributed by atoms with Gasteiger partial charge < -0.3 is 30.2 Å². The van der Waals surface area contributed by atoms with E-state index in [1.165, 1.54) is 0 Å². The molecular formula is C25H33N3O6. The van der Waals surface area contributed by atoms with Crippen molar-refractivity contribution in [2.75, 3.05) is 37.1 Å². The molecule has 34 heavy (non-hydrogen) atoms. The number of alkyl carbamates (subject to hydrolysis) is 1. The van der Waals surface area contributed by atoms with Crippen LogP contribution in [0.3, 0.4) is 0 Å². The van der Waals surface area contributed by atoms with Gasteiger partial charge in [-0.15, -0.1) is 0 Å². The van der Waals surface area contributed by atoms with Gasteiger partial charge in [0.25, 0.3) is 0 Å². The Kier molecular flexibility index (Phi) is 6.74. The van der Waals surface area contributed by atoms with Crippen LogP contribution in [0.2, 0.25) is 0 Å². The topological polar surface area (TPSA) is 115 Å². The third-order valence-electron chi connectivity index (χ3n) is 7.67. The van der Waals surface area contributed by atoms with E-state index in [4.69, 9.17) is 14.2 Å². The van der Waals surface area contributed by atoms with Gasteiger partial charge in [0.15, 0.2) is 0 Å². The van der Waals surface area contributed by atoms with Crippen molar-refractivity contribution in [1.82, 2.24) is 5.32 Å². The molecule has 2 unspecified atom stereocenters. The molecule has 3 amide bonds. The quantitative estimate of drug-likeness (QED) is 0.608. The molecule has 9 heteroatoms. The number of rotatable bonds is 5. The molecule has 9 nitrogen and oxygen atoms in total. The normalized spacial score (nSPS) is 24.8. The van der Waals surface area contributed by atoms with Crippen molar-refractivity contribution in [3.05, 3.63) is 23.8 Å². The van der Waals surface area contributed by atoms with Gasteiger partial charge in [-0.1, -0.05) is 25.3 Å². The third-order valence-corrected chi connectivity index (χ3v) is 7.67. The smallest absolute Gasteiger partial charge is 0.408 e. The summed E-state index contributed by atoms with van der Waals surface area (Å²) in [7, 11) is 0. The lowest BCUT2D eigenvalue weighted by Gasteiger charge is -2.31. The zero-order valence-electron chi connectivity index (χ0n) is 19.4. The van der Waals surface area contributed by atoms with Gasteiger partial charge in [0.05, 0.1) is 18.6 Å². The average Bonchev–Trinajstić information content (AvgIpc) is 3.45. The predicted molar refractivity (Wildman–Crippen MR) is 125 cm³/mol. The highest BCUT2D eigenvalue weighted by Gasteiger charge is 2.47. The average molecular weight is 472 g/mol. The number of anilines is 2. The molecule has 0 bridgehead atoms. The first-order valence-electron chi connectivity index (χ1n) is 12.4. The number of nitrogens with one attached hydrogen (secondary N) is 3. The largest absolute Gasteiger partial charge is 0.444 e. The van der Waals surface area contributed by atoms with E-state index < -0.39 is 17.6 Å². The highest BCUT2D eigenvalue weighted by molar-refractivity contribution is 6.07. The Morgan fingerprint density at radius 2 is 1.85 bits per heavy atom. The van der Waals surface area contributed by atoms with Crippen LogP contribution in [0.15, 0.2) is 18.2 Å². The Bertz CT molecular complexity index is 933. The van der Waals surface area contributed by atoms with Crippen LogP contribution < -0.4 is 16.0 Å². The van der Waals surface area contributed by atoms with Crippen LogP contribution in [0.4, 0.5) is 16.2 Å². The summed E-state index contributed by atoms with van der Waals surface area (Å²) >= 11 is 0. The van der Waals surface area contributed by atoms with Crippen molar-refractivity contribution >= 4 is 29.3 Å². The predicted octanol–water partition coefficient (Wildman–Crippen LogP) is 3.09. The molecule has 0 aromatic heterocycles. The number of carbonyl (C=O) groups is 3. The van der Waals surface area contributed by atoms with Crippen LogP contribution in [-0.2, 0) is 29.2 Å². The maximum Gasteiger partial charge on any atom is 0.408 e. The molecule has 1 saturated carbocycles. The summed E-state index contributed by atoms with van der Waals surface area (Å²) < 4.78 is 16.2. The van der Waals surface area contributed by atoms with Gasteiger partial charge >= 0.3 is 6.09 Å². The SMILES string of the molecule is O=C(NC(C(=O)Nc1ccc2c(c1)NC(=O)C21CCOCC1)C1CCCCC1)OC1CCOC1. The van der Waals surface area contributed by atoms with E-state index in [9.17, 15) is 14.4 Å². The Morgan fingerprint density at radius 3 is 2.59 bits per heavy atom. The molecular weight excluding hydrogens is 438 g/mol. The molecule has 1 aromatic rings. The van der Waals surface area contributed by atoms with Gasteiger partial charge in [0.1, 0.15) is 12.1 Å². The standard InChI is InChI=1S/C25H33N3O6/c29-22(21(16-4-2-1-3-5-16)28-24(31)34-18-8-11-33-15-18)26-17-6-7-19-20(14-17)27-23(30)25(19)9-12-32-13-10-25/h6-7,14,16,18,21H,1-5,8-13,15H2,(H,26,29)(H,27,30)(H,28,31). The van der Waals surface area contributed by atoms with E-state index in [1.54, 1.807) is 0 Å². The van der Waals surface area contributed by atoms with Crippen LogP contribution >= 0.6 is 0 Å². The van der Waals surface area contributed by atoms with E-state index in [2.05, 4.69) is 16.0 Å². The first kappa shape index (κ1) is 23.1. The van der Waals surface area contributed by atoms with Crippen molar-refractivity contribution in [3.8, 4) is 0 Å². The second-order valence-electron chi connectivity index (χ2n) is 9.81. The molecule has 1 spiro atoms. The molecule has 1 aliphatic carbocycles. The van der Waals surface area contributed by atoms with Crippen LogP contribution in [0.1, 0.15) is 56.9 Å². The zero-order valence-corrected chi connectivity index (χ0v) is 19.4. The Labute approximate surface area is 199 Å². The van der Waals surface area contributed by atoms with Gasteiger partial charge in [-0.25, -0.2) is 4.79 Å². The van der Waals surface area contributed by atoms with Gasteiger partial charge in [-0.2, -0.15) is 0 Å². The fourth-order valence-electron chi connectivity index (χ4n) is 5.73. The van der Waals surface area contributed by atoms with E-state index in [1.807, 2.05) is 18.2 Å². The molecule has 2 saturated heterocycles. The summed E-state index contributed by atoms with van der Waals surface area (Å²) in [6, 6.07) is 4.88. The number of amides is 3. The van der Waals surface area contributed by atoms with E-state index in [0.29, 0.717) is 51.4 Å². The molecule has 3 aliphatic heterocycles. The van der Waals surface area contributed by atoms with Crippen molar-refractivity contribution in [1.29, 1.82) is 0 Å². The Morgan fingerprint density at radius 1 is 1.06 bits per heavy atom. The van der Waals surface area contributed by atoms with Crippen LogP contribution in [0.25, 0.3) is 0 Å². The van der Waals surface area contributed by atoms with Crippen molar-refractivity contribution < 1.29 is 28.6 Å². The fourth-order valence-corrected chi connectivity index (χ4v) is 5.73. The third kappa shape index (κ3) is 4.63. The fraction of sp³-hybridized carbons (Fsp3) is 0.640. The Hall–Kier alpha value is -2.65. The summed E-state index contributed by atoms with van der Waals surface area (Å²) in [4.78, 5) is 38.7. The molecule has 184 valence electrons. The molecule has 2 atom stereocenters. The summed E-state index contributed by atoms with van der Waals surface area (Å²) in [6.07, 6.45) is 6.12. The summed E-state index contributed by atoms with van der Waals surface area (Å²) in [5, 5.41) is 8.78. The summed E-state index contributed by atoms with van der Waals surface area (Å²) in [5.41, 5.74) is 1.74. The van der Waals surface area contributed by atoms with Gasteiger partial charge in [0, 0.05) is 31.0 Å². The molecule has 3 N–H and O–H groups in total. The number of benzene rings is 1. The maximum absolute atomic E-state index is 13.3.